The Labute approximate surface area is 212 Å². The molecule has 1 aliphatic heterocycles. The summed E-state index contributed by atoms with van der Waals surface area (Å²) < 4.78 is 68.4. The van der Waals surface area contributed by atoms with Crippen molar-refractivity contribution in [2.45, 2.75) is 24.3 Å². The van der Waals surface area contributed by atoms with Gasteiger partial charge in [-0.25, -0.2) is 16.8 Å². The number of sulfonamides is 2. The molecule has 1 aliphatic rings. The molecule has 2 aromatic rings. The fourth-order valence-corrected chi connectivity index (χ4v) is 5.45. The van der Waals surface area contributed by atoms with E-state index >= 15 is 0 Å². The first kappa shape index (κ1) is 27.7. The predicted octanol–water partition coefficient (Wildman–Crippen LogP) is 1.91. The zero-order valence-electron chi connectivity index (χ0n) is 20.6. The van der Waals surface area contributed by atoms with Gasteiger partial charge in [0, 0.05) is 20.1 Å². The maximum Gasteiger partial charge on any atom is 0.265 e. The van der Waals surface area contributed by atoms with Crippen molar-refractivity contribution in [2.24, 2.45) is 0 Å². The minimum Gasteiger partial charge on any atom is -0.495 e. The lowest BCUT2D eigenvalue weighted by molar-refractivity contribution is -0.122. The molecule has 0 saturated carbocycles. The Morgan fingerprint density at radius 3 is 2.31 bits per heavy atom. The molecule has 36 heavy (non-hydrogen) atoms. The van der Waals surface area contributed by atoms with Crippen LogP contribution in [0.3, 0.4) is 0 Å². The molecular weight excluding hydrogens is 510 g/mol. The molecule has 0 aromatic heterocycles. The third-order valence-corrected chi connectivity index (χ3v) is 8.78. The highest BCUT2D eigenvalue weighted by molar-refractivity contribution is 7.92. The molecule has 13 heteroatoms. The number of morpholine rings is 1. The molecule has 1 heterocycles. The van der Waals surface area contributed by atoms with Gasteiger partial charge in [0.15, 0.2) is 6.10 Å². The van der Waals surface area contributed by atoms with Crippen LogP contribution in [0.2, 0.25) is 0 Å². The number of hydrogen-bond donors (Lipinski definition) is 1. The number of benzene rings is 2. The summed E-state index contributed by atoms with van der Waals surface area (Å²) in [5.41, 5.74) is 0.648. The summed E-state index contributed by atoms with van der Waals surface area (Å²) in [6.07, 6.45) is 0.530. The van der Waals surface area contributed by atoms with Gasteiger partial charge < -0.3 is 19.5 Å². The number of ether oxygens (including phenoxy) is 3. The van der Waals surface area contributed by atoms with Gasteiger partial charge >= 0.3 is 0 Å². The van der Waals surface area contributed by atoms with E-state index in [0.717, 1.165) is 10.6 Å². The van der Waals surface area contributed by atoms with Gasteiger partial charge in [0.2, 0.25) is 20.0 Å². The van der Waals surface area contributed by atoms with Crippen molar-refractivity contribution in [3.8, 4) is 11.5 Å². The number of nitrogens with zero attached hydrogens (tertiary/aromatic N) is 2. The van der Waals surface area contributed by atoms with Crippen LogP contribution in [0.1, 0.15) is 13.3 Å². The monoisotopic (exact) mass is 541 g/mol. The molecule has 1 N–H and O–H groups in total. The van der Waals surface area contributed by atoms with Gasteiger partial charge in [-0.05, 0) is 48.9 Å². The molecule has 0 aliphatic carbocycles. The Morgan fingerprint density at radius 1 is 1.11 bits per heavy atom. The van der Waals surface area contributed by atoms with Crippen molar-refractivity contribution in [2.75, 3.05) is 56.3 Å². The van der Waals surface area contributed by atoms with E-state index in [9.17, 15) is 21.6 Å². The summed E-state index contributed by atoms with van der Waals surface area (Å²) in [5, 5.41) is 2.71. The number of anilines is 2. The largest absolute Gasteiger partial charge is 0.495 e. The third-order valence-electron chi connectivity index (χ3n) is 5.68. The van der Waals surface area contributed by atoms with E-state index in [0.29, 0.717) is 36.8 Å². The van der Waals surface area contributed by atoms with E-state index in [1.165, 1.54) is 36.7 Å². The molecule has 1 saturated heterocycles. The van der Waals surface area contributed by atoms with Gasteiger partial charge in [0.1, 0.15) is 11.5 Å². The van der Waals surface area contributed by atoms with Crippen LogP contribution >= 0.6 is 0 Å². The summed E-state index contributed by atoms with van der Waals surface area (Å²) in [7, 11) is -4.32. The molecule has 1 fully saturated rings. The lowest BCUT2D eigenvalue weighted by atomic mass is 10.2. The maximum absolute atomic E-state index is 13.0. The molecule has 0 spiro atoms. The molecule has 11 nitrogen and oxygen atoms in total. The van der Waals surface area contributed by atoms with E-state index < -0.39 is 32.1 Å². The van der Waals surface area contributed by atoms with Crippen LogP contribution in [0.15, 0.2) is 47.4 Å². The van der Waals surface area contributed by atoms with Crippen molar-refractivity contribution in [3.05, 3.63) is 42.5 Å². The van der Waals surface area contributed by atoms with Crippen LogP contribution < -0.4 is 19.1 Å². The normalized spacial score (nSPS) is 15.7. The van der Waals surface area contributed by atoms with Gasteiger partial charge in [0.25, 0.3) is 5.91 Å². The second kappa shape index (κ2) is 11.5. The Morgan fingerprint density at radius 2 is 1.75 bits per heavy atom. The van der Waals surface area contributed by atoms with Gasteiger partial charge in [-0.2, -0.15) is 4.31 Å². The van der Waals surface area contributed by atoms with Crippen molar-refractivity contribution < 1.29 is 35.8 Å². The highest BCUT2D eigenvalue weighted by atomic mass is 32.2. The summed E-state index contributed by atoms with van der Waals surface area (Å²) in [6, 6.07) is 10.6. The maximum atomic E-state index is 13.0. The van der Waals surface area contributed by atoms with Crippen LogP contribution in [0.25, 0.3) is 0 Å². The fraction of sp³-hybridized carbons (Fsp3) is 0.435. The first-order chi connectivity index (χ1) is 17.0. The van der Waals surface area contributed by atoms with Crippen molar-refractivity contribution in [1.82, 2.24) is 4.31 Å². The number of amides is 1. The number of carbonyl (C=O) groups is 1. The topological polar surface area (TPSA) is 132 Å². The van der Waals surface area contributed by atoms with Crippen molar-refractivity contribution >= 4 is 37.3 Å². The Bertz CT molecular complexity index is 1270. The molecule has 1 amide bonds. The van der Waals surface area contributed by atoms with Crippen LogP contribution in [0.4, 0.5) is 11.4 Å². The fourth-order valence-electron chi connectivity index (χ4n) is 3.51. The molecule has 2 aromatic carbocycles. The molecular formula is C23H31N3O8S2. The SMILES string of the molecule is CCC(Oc1ccc(N(C)S(C)(=O)=O)cc1)C(=O)Nc1cc(S(=O)(=O)N2CCOCC2)ccc1OC. The minimum absolute atomic E-state index is 0.0278. The van der Waals surface area contributed by atoms with E-state index in [1.54, 1.807) is 31.2 Å². The van der Waals surface area contributed by atoms with E-state index in [-0.39, 0.29) is 23.7 Å². The van der Waals surface area contributed by atoms with Crippen LogP contribution in [-0.2, 0) is 29.6 Å². The van der Waals surface area contributed by atoms with E-state index in [4.69, 9.17) is 14.2 Å². The number of carbonyl (C=O) groups excluding carboxylic acids is 1. The molecule has 0 radical (unpaired) electrons. The standard InChI is InChI=1S/C23H31N3O8S2/c1-5-21(34-18-8-6-17(7-9-18)25(2)35(4,28)29)23(27)24-20-16-19(10-11-22(20)32-3)36(30,31)26-12-14-33-15-13-26/h6-11,16,21H,5,12-15H2,1-4H3,(H,24,27). The highest BCUT2D eigenvalue weighted by Crippen LogP contribution is 2.30. The predicted molar refractivity (Wildman–Crippen MR) is 136 cm³/mol. The Kier molecular flexibility index (Phi) is 8.82. The van der Waals surface area contributed by atoms with Gasteiger partial charge in [0.05, 0.1) is 42.8 Å². The van der Waals surface area contributed by atoms with E-state index in [2.05, 4.69) is 5.32 Å². The van der Waals surface area contributed by atoms with Gasteiger partial charge in [-0.3, -0.25) is 9.10 Å². The average Bonchev–Trinajstić information content (AvgIpc) is 2.87. The van der Waals surface area contributed by atoms with Crippen molar-refractivity contribution in [1.29, 1.82) is 0 Å². The van der Waals surface area contributed by atoms with Gasteiger partial charge in [-0.1, -0.05) is 6.92 Å². The van der Waals surface area contributed by atoms with Gasteiger partial charge in [-0.15, -0.1) is 0 Å². The number of rotatable bonds is 10. The average molecular weight is 542 g/mol. The molecule has 1 atom stereocenters. The lowest BCUT2D eigenvalue weighted by Gasteiger charge is -2.26. The first-order valence-corrected chi connectivity index (χ1v) is 14.5. The molecule has 198 valence electrons. The smallest absolute Gasteiger partial charge is 0.265 e. The number of hydrogen-bond acceptors (Lipinski definition) is 8. The third kappa shape index (κ3) is 6.46. The summed E-state index contributed by atoms with van der Waals surface area (Å²) >= 11 is 0. The second-order valence-electron chi connectivity index (χ2n) is 8.11. The Balaban J connectivity index is 1.77. The highest BCUT2D eigenvalue weighted by Gasteiger charge is 2.28. The lowest BCUT2D eigenvalue weighted by Crippen LogP contribution is -2.40. The number of nitrogens with one attached hydrogen (secondary N) is 1. The van der Waals surface area contributed by atoms with Crippen LogP contribution in [0.5, 0.6) is 11.5 Å². The second-order valence-corrected chi connectivity index (χ2v) is 12.1. The minimum atomic E-state index is -3.77. The van der Waals surface area contributed by atoms with E-state index in [1.807, 2.05) is 0 Å². The number of methoxy groups -OCH3 is 1. The molecule has 1 unspecified atom stereocenters. The summed E-state index contributed by atoms with van der Waals surface area (Å²) in [5.74, 6) is 0.180. The van der Waals surface area contributed by atoms with Crippen LogP contribution in [0, 0.1) is 0 Å². The Hall–Kier alpha value is -2.87. The molecule has 3 rings (SSSR count). The van der Waals surface area contributed by atoms with Crippen molar-refractivity contribution in [3.63, 3.8) is 0 Å². The first-order valence-electron chi connectivity index (χ1n) is 11.2. The zero-order chi connectivity index (χ0) is 26.5. The summed E-state index contributed by atoms with van der Waals surface area (Å²) in [4.78, 5) is 13.1. The summed E-state index contributed by atoms with van der Waals surface area (Å²) in [6.45, 7) is 2.91. The zero-order valence-corrected chi connectivity index (χ0v) is 22.3. The quantitative estimate of drug-likeness (QED) is 0.483. The molecule has 0 bridgehead atoms. The van der Waals surface area contributed by atoms with Crippen LogP contribution in [-0.4, -0.2) is 79.9 Å².